The van der Waals surface area contributed by atoms with Gasteiger partial charge >= 0.3 is 0 Å². The first kappa shape index (κ1) is 13.3. The van der Waals surface area contributed by atoms with Crippen LogP contribution in [0.2, 0.25) is 0 Å². The van der Waals surface area contributed by atoms with Crippen LogP contribution in [-0.2, 0) is 12.8 Å². The van der Waals surface area contributed by atoms with Gasteiger partial charge in [0.1, 0.15) is 5.75 Å². The lowest BCUT2D eigenvalue weighted by atomic mass is 9.90. The predicted molar refractivity (Wildman–Crippen MR) is 79.8 cm³/mol. The van der Waals surface area contributed by atoms with Crippen LogP contribution in [0.25, 0.3) is 0 Å². The molecule has 0 fully saturated rings. The van der Waals surface area contributed by atoms with Crippen LogP contribution in [0.15, 0.2) is 23.7 Å². The molecule has 0 saturated heterocycles. The first-order chi connectivity index (χ1) is 9.75. The second kappa shape index (κ2) is 5.75. The Kier molecular flexibility index (Phi) is 3.83. The van der Waals surface area contributed by atoms with E-state index in [4.69, 9.17) is 4.74 Å². The van der Waals surface area contributed by atoms with E-state index in [0.29, 0.717) is 13.0 Å². The number of thiazole rings is 1. The lowest BCUT2D eigenvalue weighted by Crippen LogP contribution is -2.13. The number of carbonyl (C=O) groups excluding carboxylic acids is 1. The van der Waals surface area contributed by atoms with Gasteiger partial charge in [0.2, 0.25) is 0 Å². The van der Waals surface area contributed by atoms with Gasteiger partial charge < -0.3 is 4.74 Å². The van der Waals surface area contributed by atoms with Gasteiger partial charge in [0, 0.05) is 28.8 Å². The maximum Gasteiger partial charge on any atom is 0.163 e. The zero-order chi connectivity index (χ0) is 13.9. The molecule has 1 aromatic heterocycles. The Labute approximate surface area is 122 Å². The number of carbonyl (C=O) groups is 1. The van der Waals surface area contributed by atoms with Crippen LogP contribution in [0.4, 0.5) is 0 Å². The number of aryl methyl sites for hydroxylation is 1. The van der Waals surface area contributed by atoms with Gasteiger partial charge in [0.05, 0.1) is 17.8 Å². The summed E-state index contributed by atoms with van der Waals surface area (Å²) in [5.74, 6) is 1.12. The Balaban J connectivity index is 1.70. The fourth-order valence-corrected chi connectivity index (χ4v) is 3.36. The average Bonchev–Trinajstić information content (AvgIpc) is 2.86. The van der Waals surface area contributed by atoms with Crippen molar-refractivity contribution in [2.75, 3.05) is 6.61 Å². The zero-order valence-electron chi connectivity index (χ0n) is 11.5. The highest BCUT2D eigenvalue weighted by Gasteiger charge is 2.20. The molecule has 0 N–H and O–H groups in total. The summed E-state index contributed by atoms with van der Waals surface area (Å²) in [5.41, 5.74) is 4.89. The van der Waals surface area contributed by atoms with E-state index in [0.717, 1.165) is 41.8 Å². The molecule has 0 saturated carbocycles. The van der Waals surface area contributed by atoms with Gasteiger partial charge in [0.25, 0.3) is 0 Å². The molecule has 1 heterocycles. The number of rotatable bonds is 4. The molecule has 0 unspecified atom stereocenters. The van der Waals surface area contributed by atoms with E-state index in [2.05, 4.69) is 4.98 Å². The monoisotopic (exact) mass is 287 g/mol. The molecule has 0 aliphatic heterocycles. The third-order valence-corrected chi connectivity index (χ3v) is 4.69. The van der Waals surface area contributed by atoms with Crippen molar-refractivity contribution < 1.29 is 9.53 Å². The maximum atomic E-state index is 11.9. The molecule has 0 amide bonds. The quantitative estimate of drug-likeness (QED) is 0.862. The van der Waals surface area contributed by atoms with Crippen LogP contribution in [0.3, 0.4) is 0 Å². The zero-order valence-corrected chi connectivity index (χ0v) is 12.3. The number of ketones is 1. The highest BCUT2D eigenvalue weighted by molar-refractivity contribution is 7.09. The molecule has 0 radical (unpaired) electrons. The molecule has 3 nitrogen and oxygen atoms in total. The Morgan fingerprint density at radius 2 is 2.25 bits per heavy atom. The number of fused-ring (bicyclic) bond motifs is 1. The van der Waals surface area contributed by atoms with E-state index in [1.165, 1.54) is 4.88 Å². The minimum absolute atomic E-state index is 0.245. The molecular weight excluding hydrogens is 270 g/mol. The largest absolute Gasteiger partial charge is 0.493 e. The standard InChI is InChI=1S/C16H17NO2S/c1-11-16(20-10-17-11)8-9-19-15-7-3-4-12-13(15)5-2-6-14(12)18/h3-4,7,10H,2,5-6,8-9H2,1H3. The van der Waals surface area contributed by atoms with E-state index in [9.17, 15) is 4.79 Å². The summed E-state index contributed by atoms with van der Waals surface area (Å²) in [6, 6.07) is 5.79. The van der Waals surface area contributed by atoms with Gasteiger partial charge in [-0.05, 0) is 25.8 Å². The summed E-state index contributed by atoms with van der Waals surface area (Å²) in [6.45, 7) is 2.66. The molecule has 20 heavy (non-hydrogen) atoms. The lowest BCUT2D eigenvalue weighted by Gasteiger charge is -2.18. The summed E-state index contributed by atoms with van der Waals surface area (Å²) >= 11 is 1.67. The summed E-state index contributed by atoms with van der Waals surface area (Å²) < 4.78 is 5.91. The molecule has 3 rings (SSSR count). The SMILES string of the molecule is Cc1ncsc1CCOc1cccc2c1CCCC2=O. The smallest absolute Gasteiger partial charge is 0.163 e. The summed E-state index contributed by atoms with van der Waals surface area (Å²) in [7, 11) is 0. The van der Waals surface area contributed by atoms with Crippen molar-refractivity contribution in [3.63, 3.8) is 0 Å². The Morgan fingerprint density at radius 1 is 1.35 bits per heavy atom. The van der Waals surface area contributed by atoms with E-state index in [1.54, 1.807) is 11.3 Å². The number of Topliss-reactive ketones (excluding diaryl/α,β-unsaturated/α-hetero) is 1. The molecule has 1 aliphatic carbocycles. The first-order valence-electron chi connectivity index (χ1n) is 6.92. The van der Waals surface area contributed by atoms with Crippen molar-refractivity contribution in [1.82, 2.24) is 4.98 Å². The van der Waals surface area contributed by atoms with Crippen LogP contribution < -0.4 is 4.74 Å². The third-order valence-electron chi connectivity index (χ3n) is 3.70. The van der Waals surface area contributed by atoms with Gasteiger partial charge in [-0.2, -0.15) is 0 Å². The second-order valence-electron chi connectivity index (χ2n) is 5.02. The second-order valence-corrected chi connectivity index (χ2v) is 5.96. The molecule has 104 valence electrons. The van der Waals surface area contributed by atoms with Crippen LogP contribution in [0.5, 0.6) is 5.75 Å². The Hall–Kier alpha value is -1.68. The van der Waals surface area contributed by atoms with Crippen molar-refractivity contribution in [2.24, 2.45) is 0 Å². The van der Waals surface area contributed by atoms with Crippen molar-refractivity contribution in [1.29, 1.82) is 0 Å². The molecule has 0 bridgehead atoms. The minimum Gasteiger partial charge on any atom is -0.493 e. The lowest BCUT2D eigenvalue weighted by molar-refractivity contribution is 0.0971. The number of ether oxygens (including phenoxy) is 1. The molecule has 0 atom stereocenters. The van der Waals surface area contributed by atoms with Gasteiger partial charge in [-0.3, -0.25) is 4.79 Å². The average molecular weight is 287 g/mol. The van der Waals surface area contributed by atoms with E-state index in [1.807, 2.05) is 30.6 Å². The maximum absolute atomic E-state index is 11.9. The fraction of sp³-hybridized carbons (Fsp3) is 0.375. The summed E-state index contributed by atoms with van der Waals surface area (Å²) in [4.78, 5) is 17.4. The topological polar surface area (TPSA) is 39.2 Å². The van der Waals surface area contributed by atoms with Crippen LogP contribution in [0.1, 0.15) is 39.3 Å². The molecular formula is C16H17NO2S. The van der Waals surface area contributed by atoms with Crippen LogP contribution in [-0.4, -0.2) is 17.4 Å². The van der Waals surface area contributed by atoms with Crippen molar-refractivity contribution in [2.45, 2.75) is 32.6 Å². The normalized spacial score (nSPS) is 14.2. The van der Waals surface area contributed by atoms with Gasteiger partial charge in [-0.25, -0.2) is 4.98 Å². The van der Waals surface area contributed by atoms with Gasteiger partial charge in [-0.15, -0.1) is 11.3 Å². The third kappa shape index (κ3) is 2.61. The van der Waals surface area contributed by atoms with E-state index < -0.39 is 0 Å². The minimum atomic E-state index is 0.245. The summed E-state index contributed by atoms with van der Waals surface area (Å²) in [5, 5.41) is 0. The van der Waals surface area contributed by atoms with Crippen LogP contribution in [0, 0.1) is 6.92 Å². The number of nitrogens with zero attached hydrogens (tertiary/aromatic N) is 1. The van der Waals surface area contributed by atoms with Gasteiger partial charge in [-0.1, -0.05) is 12.1 Å². The Bertz CT molecular complexity index is 633. The van der Waals surface area contributed by atoms with Crippen molar-refractivity contribution in [3.05, 3.63) is 45.4 Å². The highest BCUT2D eigenvalue weighted by Crippen LogP contribution is 2.29. The number of hydrogen-bond acceptors (Lipinski definition) is 4. The molecule has 1 aliphatic rings. The van der Waals surface area contributed by atoms with Crippen molar-refractivity contribution in [3.8, 4) is 5.75 Å². The van der Waals surface area contributed by atoms with E-state index >= 15 is 0 Å². The molecule has 4 heteroatoms. The number of benzene rings is 1. The highest BCUT2D eigenvalue weighted by atomic mass is 32.1. The molecule has 1 aromatic carbocycles. The van der Waals surface area contributed by atoms with Crippen molar-refractivity contribution >= 4 is 17.1 Å². The first-order valence-corrected chi connectivity index (χ1v) is 7.80. The predicted octanol–water partition coefficient (Wildman–Crippen LogP) is 3.59. The number of aromatic nitrogens is 1. The number of hydrogen-bond donors (Lipinski definition) is 0. The van der Waals surface area contributed by atoms with E-state index in [-0.39, 0.29) is 5.78 Å². The van der Waals surface area contributed by atoms with Crippen LogP contribution >= 0.6 is 11.3 Å². The Morgan fingerprint density at radius 3 is 3.05 bits per heavy atom. The fourth-order valence-electron chi connectivity index (χ4n) is 2.60. The molecule has 0 spiro atoms. The summed E-state index contributed by atoms with van der Waals surface area (Å²) in [6.07, 6.45) is 3.40. The molecule has 2 aromatic rings. The van der Waals surface area contributed by atoms with Gasteiger partial charge in [0.15, 0.2) is 5.78 Å².